The van der Waals surface area contributed by atoms with Crippen LogP contribution in [0.4, 0.5) is 4.39 Å². The van der Waals surface area contributed by atoms with Gasteiger partial charge in [-0.05, 0) is 35.4 Å². The number of rotatable bonds is 4. The number of esters is 1. The van der Waals surface area contributed by atoms with Crippen LogP contribution in [0.25, 0.3) is 11.1 Å². The standard InChI is InChI=1S/C19H16FNO4S/c1-25-19(22)13-9-16(12-3-6-15(7-4-12)26(2,23)24)17(10-13)18-8-5-14(20)11-21-18/h3-11,13H,1-2H3. The summed E-state index contributed by atoms with van der Waals surface area (Å²) >= 11 is 0. The number of allylic oxidation sites excluding steroid dienone is 2. The molecule has 7 heteroatoms. The number of sulfone groups is 1. The average molecular weight is 373 g/mol. The van der Waals surface area contributed by atoms with E-state index in [1.807, 2.05) is 0 Å². The van der Waals surface area contributed by atoms with Crippen molar-refractivity contribution in [2.24, 2.45) is 5.92 Å². The van der Waals surface area contributed by atoms with E-state index in [4.69, 9.17) is 4.74 Å². The first-order chi connectivity index (χ1) is 12.3. The van der Waals surface area contributed by atoms with E-state index in [1.54, 1.807) is 24.3 Å². The quantitative estimate of drug-likeness (QED) is 0.771. The predicted octanol–water partition coefficient (Wildman–Crippen LogP) is 2.89. The summed E-state index contributed by atoms with van der Waals surface area (Å²) in [5.41, 5.74) is 2.60. The molecule has 2 aromatic rings. The van der Waals surface area contributed by atoms with E-state index in [-0.39, 0.29) is 4.90 Å². The maximum atomic E-state index is 13.2. The van der Waals surface area contributed by atoms with Gasteiger partial charge in [-0.3, -0.25) is 9.78 Å². The highest BCUT2D eigenvalue weighted by molar-refractivity contribution is 7.90. The zero-order chi connectivity index (χ0) is 18.9. The van der Waals surface area contributed by atoms with Crippen LogP contribution in [0.5, 0.6) is 0 Å². The highest BCUT2D eigenvalue weighted by atomic mass is 32.2. The van der Waals surface area contributed by atoms with Crippen LogP contribution in [0.1, 0.15) is 11.3 Å². The molecule has 5 nitrogen and oxygen atoms in total. The molecule has 0 N–H and O–H groups in total. The molecule has 0 bridgehead atoms. The number of halogens is 1. The number of carbonyl (C=O) groups excluding carboxylic acids is 1. The number of benzene rings is 1. The third-order valence-electron chi connectivity index (χ3n) is 4.05. The molecule has 3 rings (SSSR count). The van der Waals surface area contributed by atoms with E-state index >= 15 is 0 Å². The van der Waals surface area contributed by atoms with E-state index in [0.717, 1.165) is 18.0 Å². The topological polar surface area (TPSA) is 73.3 Å². The molecule has 0 saturated heterocycles. The van der Waals surface area contributed by atoms with Crippen LogP contribution in [0, 0.1) is 11.7 Å². The average Bonchev–Trinajstić information content (AvgIpc) is 3.06. The zero-order valence-corrected chi connectivity index (χ0v) is 15.0. The molecule has 134 valence electrons. The van der Waals surface area contributed by atoms with Gasteiger partial charge in [0.05, 0.1) is 29.8 Å². The van der Waals surface area contributed by atoms with Crippen molar-refractivity contribution in [3.05, 3.63) is 71.8 Å². The van der Waals surface area contributed by atoms with Gasteiger partial charge in [-0.2, -0.15) is 0 Å². The largest absolute Gasteiger partial charge is 0.468 e. The lowest BCUT2D eigenvalue weighted by atomic mass is 9.98. The van der Waals surface area contributed by atoms with Gasteiger partial charge in [0.15, 0.2) is 9.84 Å². The molecular weight excluding hydrogens is 357 g/mol. The summed E-state index contributed by atoms with van der Waals surface area (Å²) in [6.45, 7) is 0. The minimum Gasteiger partial charge on any atom is -0.468 e. The Balaban J connectivity index is 2.05. The highest BCUT2D eigenvalue weighted by Crippen LogP contribution is 2.38. The number of methoxy groups -OCH3 is 1. The molecule has 26 heavy (non-hydrogen) atoms. The Labute approximate surface area is 150 Å². The van der Waals surface area contributed by atoms with Crippen LogP contribution >= 0.6 is 0 Å². The van der Waals surface area contributed by atoms with Crippen molar-refractivity contribution in [2.45, 2.75) is 4.90 Å². The summed E-state index contributed by atoms with van der Waals surface area (Å²) in [4.78, 5) is 16.2. The predicted molar refractivity (Wildman–Crippen MR) is 95.2 cm³/mol. The summed E-state index contributed by atoms with van der Waals surface area (Å²) < 4.78 is 41.2. The van der Waals surface area contributed by atoms with Gasteiger partial charge < -0.3 is 4.74 Å². The van der Waals surface area contributed by atoms with Gasteiger partial charge in [0.2, 0.25) is 0 Å². The number of hydrogen-bond acceptors (Lipinski definition) is 5. The Bertz CT molecular complexity index is 1010. The lowest BCUT2D eigenvalue weighted by molar-refractivity contribution is -0.142. The molecule has 0 saturated carbocycles. The Kier molecular flexibility index (Phi) is 4.73. The van der Waals surface area contributed by atoms with Gasteiger partial charge >= 0.3 is 5.97 Å². The second-order valence-electron chi connectivity index (χ2n) is 5.87. The van der Waals surface area contributed by atoms with Crippen molar-refractivity contribution in [3.63, 3.8) is 0 Å². The van der Waals surface area contributed by atoms with E-state index in [1.165, 1.54) is 31.4 Å². The molecule has 1 aromatic heterocycles. The number of nitrogens with zero attached hydrogens (tertiary/aromatic N) is 1. The number of aromatic nitrogens is 1. The number of carbonyl (C=O) groups is 1. The zero-order valence-electron chi connectivity index (χ0n) is 14.1. The molecule has 0 spiro atoms. The molecule has 0 aliphatic heterocycles. The molecular formula is C19H16FNO4S. The lowest BCUT2D eigenvalue weighted by Crippen LogP contribution is -2.09. The van der Waals surface area contributed by atoms with Crippen molar-refractivity contribution in [1.82, 2.24) is 4.98 Å². The lowest BCUT2D eigenvalue weighted by Gasteiger charge is -2.09. The van der Waals surface area contributed by atoms with Gasteiger partial charge in [-0.1, -0.05) is 24.3 Å². The maximum Gasteiger partial charge on any atom is 0.316 e. The summed E-state index contributed by atoms with van der Waals surface area (Å²) in [6.07, 6.45) is 5.66. The second-order valence-corrected chi connectivity index (χ2v) is 7.88. The second kappa shape index (κ2) is 6.84. The Morgan fingerprint density at radius 2 is 1.73 bits per heavy atom. The maximum absolute atomic E-state index is 13.2. The van der Waals surface area contributed by atoms with Gasteiger partial charge in [-0.15, -0.1) is 0 Å². The third kappa shape index (κ3) is 3.57. The van der Waals surface area contributed by atoms with E-state index in [0.29, 0.717) is 16.8 Å². The minimum atomic E-state index is -3.30. The number of ether oxygens (including phenoxy) is 1. The van der Waals surface area contributed by atoms with Crippen LogP contribution in [0.15, 0.2) is 59.6 Å². The third-order valence-corrected chi connectivity index (χ3v) is 5.18. The molecule has 1 unspecified atom stereocenters. The Morgan fingerprint density at radius 1 is 1.08 bits per heavy atom. The fourth-order valence-electron chi connectivity index (χ4n) is 2.75. The number of pyridine rings is 1. The molecule has 1 aliphatic rings. The first-order valence-electron chi connectivity index (χ1n) is 7.74. The molecule has 1 aliphatic carbocycles. The van der Waals surface area contributed by atoms with Crippen LogP contribution in [0.2, 0.25) is 0 Å². The SMILES string of the molecule is COC(=O)C1C=C(c2ccc(S(C)(=O)=O)cc2)C(c2ccc(F)cn2)=C1. The molecule has 1 heterocycles. The van der Waals surface area contributed by atoms with Crippen LogP contribution in [0.3, 0.4) is 0 Å². The summed E-state index contributed by atoms with van der Waals surface area (Å²) in [5, 5.41) is 0. The van der Waals surface area contributed by atoms with Crippen LogP contribution in [-0.2, 0) is 19.4 Å². The monoisotopic (exact) mass is 373 g/mol. The Hall–Kier alpha value is -2.80. The van der Waals surface area contributed by atoms with E-state index in [2.05, 4.69) is 4.98 Å². The molecule has 1 aromatic carbocycles. The molecule has 0 fully saturated rings. The highest BCUT2D eigenvalue weighted by Gasteiger charge is 2.26. The molecule has 0 amide bonds. The number of hydrogen-bond donors (Lipinski definition) is 0. The van der Waals surface area contributed by atoms with Gasteiger partial charge in [0, 0.05) is 11.8 Å². The summed E-state index contributed by atoms with van der Waals surface area (Å²) in [5.74, 6) is -1.47. The van der Waals surface area contributed by atoms with Crippen molar-refractivity contribution in [2.75, 3.05) is 13.4 Å². The van der Waals surface area contributed by atoms with Crippen molar-refractivity contribution >= 4 is 27.0 Å². The normalized spacial score (nSPS) is 16.8. The van der Waals surface area contributed by atoms with Crippen molar-refractivity contribution in [1.29, 1.82) is 0 Å². The fourth-order valence-corrected chi connectivity index (χ4v) is 3.38. The first kappa shape index (κ1) is 18.0. The van der Waals surface area contributed by atoms with Crippen LogP contribution < -0.4 is 0 Å². The van der Waals surface area contributed by atoms with Gasteiger partial charge in [0.1, 0.15) is 5.82 Å². The molecule has 0 radical (unpaired) electrons. The molecule has 1 atom stereocenters. The fraction of sp³-hybridized carbons (Fsp3) is 0.158. The van der Waals surface area contributed by atoms with Gasteiger partial charge in [-0.25, -0.2) is 12.8 Å². The van der Waals surface area contributed by atoms with Crippen molar-refractivity contribution in [3.8, 4) is 0 Å². The van der Waals surface area contributed by atoms with Crippen LogP contribution in [-0.4, -0.2) is 32.7 Å². The summed E-state index contributed by atoms with van der Waals surface area (Å²) in [6, 6.07) is 9.16. The Morgan fingerprint density at radius 3 is 2.27 bits per heavy atom. The van der Waals surface area contributed by atoms with Gasteiger partial charge in [0.25, 0.3) is 0 Å². The summed E-state index contributed by atoms with van der Waals surface area (Å²) in [7, 11) is -2.00. The smallest absolute Gasteiger partial charge is 0.316 e. The van der Waals surface area contributed by atoms with E-state index < -0.39 is 27.5 Å². The minimum absolute atomic E-state index is 0.204. The first-order valence-corrected chi connectivity index (χ1v) is 9.63. The van der Waals surface area contributed by atoms with E-state index in [9.17, 15) is 17.6 Å². The van der Waals surface area contributed by atoms with Crippen molar-refractivity contribution < 1.29 is 22.3 Å².